The van der Waals surface area contributed by atoms with Gasteiger partial charge in [0.15, 0.2) is 0 Å². The van der Waals surface area contributed by atoms with Gasteiger partial charge in [-0.2, -0.15) is 17.4 Å². The van der Waals surface area contributed by atoms with Gasteiger partial charge in [0.1, 0.15) is 0 Å². The second-order valence-corrected chi connectivity index (χ2v) is 7.11. The van der Waals surface area contributed by atoms with Crippen molar-refractivity contribution in [2.75, 3.05) is 39.3 Å². The van der Waals surface area contributed by atoms with E-state index in [9.17, 15) is 8.42 Å². The van der Waals surface area contributed by atoms with Gasteiger partial charge >= 0.3 is 0 Å². The molecule has 0 aromatic carbocycles. The number of hydrogen-bond acceptors (Lipinski definition) is 4. The summed E-state index contributed by atoms with van der Waals surface area (Å²) in [6, 6.07) is 0.551. The first-order valence-corrected chi connectivity index (χ1v) is 8.33. The monoisotopic (exact) mass is 274 g/mol. The van der Waals surface area contributed by atoms with Crippen molar-refractivity contribution in [3.05, 3.63) is 0 Å². The summed E-state index contributed by atoms with van der Waals surface area (Å²) in [6.07, 6.45) is 3.29. The summed E-state index contributed by atoms with van der Waals surface area (Å²) in [4.78, 5) is 2.42. The molecule has 3 heterocycles. The van der Waals surface area contributed by atoms with Crippen LogP contribution < -0.4 is 10.0 Å². The third-order valence-corrected chi connectivity index (χ3v) is 5.97. The normalized spacial score (nSPS) is 34.9. The van der Waals surface area contributed by atoms with Crippen LogP contribution in [0.15, 0.2) is 0 Å². The van der Waals surface area contributed by atoms with Crippen LogP contribution in [-0.2, 0) is 10.2 Å². The van der Waals surface area contributed by atoms with Crippen LogP contribution in [-0.4, -0.2) is 69.0 Å². The lowest BCUT2D eigenvalue weighted by Crippen LogP contribution is -2.54. The molecule has 3 aliphatic rings. The standard InChI is InChI=1S/C11H22N4O2S/c16-18(17,15-8-4-12-5-9-15)13-10-3-7-14-6-1-2-11(10)14/h10-13H,1-9H2. The van der Waals surface area contributed by atoms with Crippen LogP contribution in [0.3, 0.4) is 0 Å². The van der Waals surface area contributed by atoms with E-state index in [1.165, 1.54) is 6.42 Å². The van der Waals surface area contributed by atoms with Crippen molar-refractivity contribution in [3.63, 3.8) is 0 Å². The average molecular weight is 274 g/mol. The molecule has 2 unspecified atom stereocenters. The van der Waals surface area contributed by atoms with Gasteiger partial charge in [-0.1, -0.05) is 0 Å². The Morgan fingerprint density at radius 2 is 1.83 bits per heavy atom. The molecule has 6 nitrogen and oxygen atoms in total. The van der Waals surface area contributed by atoms with E-state index in [0.29, 0.717) is 19.1 Å². The summed E-state index contributed by atoms with van der Waals surface area (Å²) in [7, 11) is -3.29. The molecule has 3 aliphatic heterocycles. The first kappa shape index (κ1) is 12.8. The number of nitrogens with one attached hydrogen (secondary N) is 2. The second kappa shape index (κ2) is 5.05. The van der Waals surface area contributed by atoms with Crippen molar-refractivity contribution >= 4 is 10.2 Å². The molecule has 0 spiro atoms. The van der Waals surface area contributed by atoms with E-state index in [4.69, 9.17) is 0 Å². The molecule has 0 aliphatic carbocycles. The molecule has 0 amide bonds. The Morgan fingerprint density at radius 3 is 2.61 bits per heavy atom. The third kappa shape index (κ3) is 2.42. The maximum atomic E-state index is 12.3. The van der Waals surface area contributed by atoms with Gasteiger partial charge in [-0.3, -0.25) is 4.90 Å². The molecular formula is C11H22N4O2S. The van der Waals surface area contributed by atoms with Crippen molar-refractivity contribution in [3.8, 4) is 0 Å². The Labute approximate surface area is 109 Å². The van der Waals surface area contributed by atoms with Crippen LogP contribution in [0.5, 0.6) is 0 Å². The summed E-state index contributed by atoms with van der Waals surface area (Å²) in [5.74, 6) is 0. The maximum absolute atomic E-state index is 12.3. The van der Waals surface area contributed by atoms with Gasteiger partial charge in [-0.05, 0) is 25.8 Å². The van der Waals surface area contributed by atoms with Crippen LogP contribution in [0, 0.1) is 0 Å². The number of nitrogens with zero attached hydrogens (tertiary/aromatic N) is 2. The fourth-order valence-electron chi connectivity index (χ4n) is 3.37. The Kier molecular flexibility index (Phi) is 3.59. The lowest BCUT2D eigenvalue weighted by molar-refractivity contribution is 0.303. The summed E-state index contributed by atoms with van der Waals surface area (Å²) in [5.41, 5.74) is 0. The van der Waals surface area contributed by atoms with Crippen molar-refractivity contribution in [2.24, 2.45) is 0 Å². The number of fused-ring (bicyclic) bond motifs is 1. The third-order valence-electron chi connectivity index (χ3n) is 4.32. The van der Waals surface area contributed by atoms with Gasteiger partial charge in [-0.15, -0.1) is 0 Å². The fourth-order valence-corrected chi connectivity index (χ4v) is 4.84. The van der Waals surface area contributed by atoms with Crippen molar-refractivity contribution < 1.29 is 8.42 Å². The molecule has 0 aromatic heterocycles. The minimum atomic E-state index is -3.29. The minimum Gasteiger partial charge on any atom is -0.314 e. The zero-order valence-electron chi connectivity index (χ0n) is 10.6. The fraction of sp³-hybridized carbons (Fsp3) is 1.00. The molecule has 2 atom stereocenters. The highest BCUT2D eigenvalue weighted by Crippen LogP contribution is 2.28. The largest absolute Gasteiger partial charge is 0.314 e. The molecule has 18 heavy (non-hydrogen) atoms. The van der Waals surface area contributed by atoms with E-state index in [2.05, 4.69) is 14.9 Å². The highest BCUT2D eigenvalue weighted by atomic mass is 32.2. The number of piperazine rings is 1. The van der Waals surface area contributed by atoms with E-state index in [1.54, 1.807) is 4.31 Å². The predicted molar refractivity (Wildman–Crippen MR) is 69.5 cm³/mol. The van der Waals surface area contributed by atoms with E-state index in [-0.39, 0.29) is 6.04 Å². The molecule has 3 saturated heterocycles. The number of rotatable bonds is 3. The lowest BCUT2D eigenvalue weighted by atomic mass is 10.1. The first-order chi connectivity index (χ1) is 8.67. The minimum absolute atomic E-state index is 0.118. The first-order valence-electron chi connectivity index (χ1n) is 6.89. The molecule has 2 N–H and O–H groups in total. The highest BCUT2D eigenvalue weighted by molar-refractivity contribution is 7.87. The van der Waals surface area contributed by atoms with E-state index in [1.807, 2.05) is 0 Å². The smallest absolute Gasteiger partial charge is 0.279 e. The molecule has 0 radical (unpaired) electrons. The Morgan fingerprint density at radius 1 is 1.06 bits per heavy atom. The van der Waals surface area contributed by atoms with Crippen LogP contribution in [0.2, 0.25) is 0 Å². The predicted octanol–water partition coefficient (Wildman–Crippen LogP) is -1.04. The second-order valence-electron chi connectivity index (χ2n) is 5.41. The molecule has 0 aromatic rings. The summed E-state index contributed by atoms with van der Waals surface area (Å²) >= 11 is 0. The zero-order valence-corrected chi connectivity index (χ0v) is 11.5. The van der Waals surface area contributed by atoms with Crippen LogP contribution in [0.1, 0.15) is 19.3 Å². The van der Waals surface area contributed by atoms with E-state index in [0.717, 1.165) is 39.0 Å². The van der Waals surface area contributed by atoms with Gasteiger partial charge in [-0.25, -0.2) is 0 Å². The Hall–Kier alpha value is -0.210. The van der Waals surface area contributed by atoms with E-state index >= 15 is 0 Å². The molecule has 0 saturated carbocycles. The van der Waals surface area contributed by atoms with Crippen LogP contribution >= 0.6 is 0 Å². The zero-order chi connectivity index (χ0) is 12.6. The average Bonchev–Trinajstić information content (AvgIpc) is 2.95. The van der Waals surface area contributed by atoms with Crippen molar-refractivity contribution in [2.45, 2.75) is 31.3 Å². The summed E-state index contributed by atoms with van der Waals surface area (Å²) < 4.78 is 29.1. The van der Waals surface area contributed by atoms with Crippen LogP contribution in [0.25, 0.3) is 0 Å². The quantitative estimate of drug-likeness (QED) is 0.690. The van der Waals surface area contributed by atoms with E-state index < -0.39 is 10.2 Å². The number of hydrogen-bond donors (Lipinski definition) is 2. The summed E-state index contributed by atoms with van der Waals surface area (Å²) in [5, 5.41) is 3.18. The van der Waals surface area contributed by atoms with Gasteiger partial charge in [0.2, 0.25) is 0 Å². The topological polar surface area (TPSA) is 64.7 Å². The Bertz CT molecular complexity index is 394. The maximum Gasteiger partial charge on any atom is 0.279 e. The lowest BCUT2D eigenvalue weighted by Gasteiger charge is -2.29. The Balaban J connectivity index is 1.64. The van der Waals surface area contributed by atoms with Crippen molar-refractivity contribution in [1.82, 2.24) is 19.2 Å². The molecular weight excluding hydrogens is 252 g/mol. The SMILES string of the molecule is O=S(=O)(NC1CCN2CCCC12)N1CCNCC1. The van der Waals surface area contributed by atoms with Gasteiger partial charge in [0.25, 0.3) is 10.2 Å². The molecule has 3 fully saturated rings. The summed E-state index contributed by atoms with van der Waals surface area (Å²) in [6.45, 7) is 4.84. The molecule has 104 valence electrons. The molecule has 0 bridgehead atoms. The molecule has 7 heteroatoms. The van der Waals surface area contributed by atoms with Gasteiger partial charge in [0, 0.05) is 44.8 Å². The molecule has 3 rings (SSSR count). The van der Waals surface area contributed by atoms with Crippen molar-refractivity contribution in [1.29, 1.82) is 0 Å². The van der Waals surface area contributed by atoms with Crippen LogP contribution in [0.4, 0.5) is 0 Å². The highest BCUT2D eigenvalue weighted by Gasteiger charge is 2.40. The van der Waals surface area contributed by atoms with Gasteiger partial charge < -0.3 is 5.32 Å². The van der Waals surface area contributed by atoms with Gasteiger partial charge in [0.05, 0.1) is 0 Å².